The largest absolute Gasteiger partial charge is 0.314 e. The van der Waals surface area contributed by atoms with Crippen molar-refractivity contribution >= 4 is 0 Å². The second kappa shape index (κ2) is 6.56. The Morgan fingerprint density at radius 2 is 1.89 bits per heavy atom. The molecule has 1 heteroatoms. The number of nitrogens with one attached hydrogen (secondary N) is 1. The van der Waals surface area contributed by atoms with E-state index in [4.69, 9.17) is 0 Å². The van der Waals surface area contributed by atoms with Gasteiger partial charge in [0.15, 0.2) is 0 Å². The molecule has 0 saturated heterocycles. The van der Waals surface area contributed by atoms with Crippen LogP contribution in [0.2, 0.25) is 0 Å². The fraction of sp³-hybridized carbons (Fsp3) is 0.667. The van der Waals surface area contributed by atoms with Crippen molar-refractivity contribution in [2.45, 2.75) is 65.3 Å². The van der Waals surface area contributed by atoms with Gasteiger partial charge in [-0.2, -0.15) is 0 Å². The van der Waals surface area contributed by atoms with Crippen molar-refractivity contribution in [2.75, 3.05) is 6.54 Å². The molecular weight excluding hydrogens is 230 g/mol. The van der Waals surface area contributed by atoms with E-state index in [2.05, 4.69) is 51.2 Å². The summed E-state index contributed by atoms with van der Waals surface area (Å²) in [6.45, 7) is 10.2. The van der Waals surface area contributed by atoms with Crippen LogP contribution in [0.15, 0.2) is 18.2 Å². The summed E-state index contributed by atoms with van der Waals surface area (Å²) in [7, 11) is 0. The fourth-order valence-corrected chi connectivity index (χ4v) is 3.41. The number of rotatable bonds is 4. The Labute approximate surface area is 118 Å². The Morgan fingerprint density at radius 3 is 2.63 bits per heavy atom. The van der Waals surface area contributed by atoms with Crippen LogP contribution in [0.5, 0.6) is 0 Å². The van der Waals surface area contributed by atoms with Gasteiger partial charge in [-0.15, -0.1) is 0 Å². The predicted molar refractivity (Wildman–Crippen MR) is 83.8 cm³/mol. The topological polar surface area (TPSA) is 12.0 Å². The second-order valence-corrected chi connectivity index (χ2v) is 6.57. The van der Waals surface area contributed by atoms with Crippen molar-refractivity contribution in [1.82, 2.24) is 5.32 Å². The third-order valence-corrected chi connectivity index (χ3v) is 4.53. The Morgan fingerprint density at radius 1 is 1.16 bits per heavy atom. The van der Waals surface area contributed by atoms with Gasteiger partial charge in [-0.1, -0.05) is 50.5 Å². The molecule has 0 aliphatic heterocycles. The monoisotopic (exact) mass is 259 g/mol. The van der Waals surface area contributed by atoms with Gasteiger partial charge in [0.1, 0.15) is 0 Å². The summed E-state index contributed by atoms with van der Waals surface area (Å²) in [5.74, 6) is 1.58. The highest BCUT2D eigenvalue weighted by Gasteiger charge is 2.27. The molecule has 0 aromatic heterocycles. The maximum absolute atomic E-state index is 3.65. The molecule has 1 aromatic carbocycles. The molecule has 1 aliphatic carbocycles. The van der Waals surface area contributed by atoms with Crippen molar-refractivity contribution < 1.29 is 0 Å². The third-order valence-electron chi connectivity index (χ3n) is 4.53. The van der Waals surface area contributed by atoms with Crippen LogP contribution in [0, 0.1) is 19.8 Å². The minimum atomic E-state index is 0.598. The average molecular weight is 259 g/mol. The van der Waals surface area contributed by atoms with Gasteiger partial charge in [-0.05, 0) is 56.2 Å². The van der Waals surface area contributed by atoms with E-state index in [1.807, 2.05) is 0 Å². The lowest BCUT2D eigenvalue weighted by Crippen LogP contribution is -2.33. The van der Waals surface area contributed by atoms with Gasteiger partial charge in [-0.3, -0.25) is 0 Å². The zero-order chi connectivity index (χ0) is 13.8. The Balaban J connectivity index is 2.16. The molecule has 19 heavy (non-hydrogen) atoms. The molecule has 2 atom stereocenters. The van der Waals surface area contributed by atoms with Gasteiger partial charge in [0.25, 0.3) is 0 Å². The average Bonchev–Trinajstić information content (AvgIpc) is 2.39. The Bertz CT molecular complexity index is 408. The molecule has 2 rings (SSSR count). The molecular formula is C18H29N. The first kappa shape index (κ1) is 14.6. The fourth-order valence-electron chi connectivity index (χ4n) is 3.41. The van der Waals surface area contributed by atoms with Crippen molar-refractivity contribution in [1.29, 1.82) is 0 Å². The van der Waals surface area contributed by atoms with Crippen LogP contribution in [0.1, 0.15) is 62.1 Å². The standard InChI is InChI=1S/C18H29N/c1-13(2)19-12-16-7-5-6-8-17(16)18-11-14(3)9-10-15(18)4/h9-11,13,16-17,19H,5-8,12H2,1-4H3. The molecule has 0 spiro atoms. The van der Waals surface area contributed by atoms with E-state index in [1.165, 1.54) is 43.4 Å². The molecule has 2 unspecified atom stereocenters. The lowest BCUT2D eigenvalue weighted by molar-refractivity contribution is 0.289. The highest BCUT2D eigenvalue weighted by atomic mass is 14.9. The Kier molecular flexibility index (Phi) is 5.04. The van der Waals surface area contributed by atoms with Crippen LogP contribution in [-0.2, 0) is 0 Å². The van der Waals surface area contributed by atoms with Crippen LogP contribution in [-0.4, -0.2) is 12.6 Å². The highest BCUT2D eigenvalue weighted by Crippen LogP contribution is 2.39. The lowest BCUT2D eigenvalue weighted by atomic mass is 9.74. The minimum Gasteiger partial charge on any atom is -0.314 e. The first-order valence-corrected chi connectivity index (χ1v) is 7.88. The van der Waals surface area contributed by atoms with Gasteiger partial charge in [-0.25, -0.2) is 0 Å². The van der Waals surface area contributed by atoms with Gasteiger partial charge >= 0.3 is 0 Å². The summed E-state index contributed by atoms with van der Waals surface area (Å²) in [5, 5.41) is 3.65. The SMILES string of the molecule is Cc1ccc(C)c(C2CCCCC2CNC(C)C)c1. The summed E-state index contributed by atoms with van der Waals surface area (Å²) in [6, 6.07) is 7.56. The van der Waals surface area contributed by atoms with Crippen LogP contribution in [0.3, 0.4) is 0 Å². The molecule has 0 amide bonds. The maximum atomic E-state index is 3.65. The summed E-state index contributed by atoms with van der Waals surface area (Å²) in [5.41, 5.74) is 4.49. The second-order valence-electron chi connectivity index (χ2n) is 6.57. The normalized spacial score (nSPS) is 23.8. The molecule has 1 aromatic rings. The molecule has 0 bridgehead atoms. The minimum absolute atomic E-state index is 0.598. The number of benzene rings is 1. The summed E-state index contributed by atoms with van der Waals surface area (Å²) in [4.78, 5) is 0. The molecule has 1 saturated carbocycles. The van der Waals surface area contributed by atoms with Gasteiger partial charge in [0, 0.05) is 6.04 Å². The number of aryl methyl sites for hydroxylation is 2. The molecule has 106 valence electrons. The highest BCUT2D eigenvalue weighted by molar-refractivity contribution is 5.34. The zero-order valence-electron chi connectivity index (χ0n) is 13.0. The van der Waals surface area contributed by atoms with Gasteiger partial charge < -0.3 is 5.32 Å². The van der Waals surface area contributed by atoms with Crippen LogP contribution in [0.4, 0.5) is 0 Å². The first-order chi connectivity index (χ1) is 9.08. The zero-order valence-corrected chi connectivity index (χ0v) is 13.0. The van der Waals surface area contributed by atoms with E-state index in [0.29, 0.717) is 6.04 Å². The van der Waals surface area contributed by atoms with E-state index in [9.17, 15) is 0 Å². The molecule has 0 heterocycles. The van der Waals surface area contributed by atoms with E-state index in [0.717, 1.165) is 11.8 Å². The van der Waals surface area contributed by atoms with Crippen molar-refractivity contribution in [3.05, 3.63) is 34.9 Å². The van der Waals surface area contributed by atoms with Gasteiger partial charge in [0.2, 0.25) is 0 Å². The van der Waals surface area contributed by atoms with Crippen molar-refractivity contribution in [2.24, 2.45) is 5.92 Å². The molecule has 1 fully saturated rings. The summed E-state index contributed by atoms with van der Waals surface area (Å²) >= 11 is 0. The smallest absolute Gasteiger partial charge is 0.00104 e. The van der Waals surface area contributed by atoms with Crippen LogP contribution in [0.25, 0.3) is 0 Å². The maximum Gasteiger partial charge on any atom is 0.00104 e. The van der Waals surface area contributed by atoms with Crippen LogP contribution < -0.4 is 5.32 Å². The van der Waals surface area contributed by atoms with E-state index in [1.54, 1.807) is 5.56 Å². The third kappa shape index (κ3) is 3.82. The predicted octanol–water partition coefficient (Wildman–Crippen LogP) is 4.58. The van der Waals surface area contributed by atoms with Crippen LogP contribution >= 0.6 is 0 Å². The number of hydrogen-bond acceptors (Lipinski definition) is 1. The summed E-state index contributed by atoms with van der Waals surface area (Å²) < 4.78 is 0. The lowest BCUT2D eigenvalue weighted by Gasteiger charge is -2.34. The van der Waals surface area contributed by atoms with Crippen molar-refractivity contribution in [3.8, 4) is 0 Å². The van der Waals surface area contributed by atoms with E-state index >= 15 is 0 Å². The molecule has 1 aliphatic rings. The Hall–Kier alpha value is -0.820. The first-order valence-electron chi connectivity index (χ1n) is 7.88. The summed E-state index contributed by atoms with van der Waals surface area (Å²) in [6.07, 6.45) is 5.56. The number of hydrogen-bond donors (Lipinski definition) is 1. The molecule has 1 nitrogen and oxygen atoms in total. The van der Waals surface area contributed by atoms with Gasteiger partial charge in [0.05, 0.1) is 0 Å². The molecule has 1 N–H and O–H groups in total. The quantitative estimate of drug-likeness (QED) is 0.835. The molecule has 0 radical (unpaired) electrons. The van der Waals surface area contributed by atoms with E-state index < -0.39 is 0 Å². The van der Waals surface area contributed by atoms with E-state index in [-0.39, 0.29) is 0 Å². The van der Waals surface area contributed by atoms with Crippen molar-refractivity contribution in [3.63, 3.8) is 0 Å².